The molecule has 0 unspecified atom stereocenters. The molecule has 0 radical (unpaired) electrons. The molecule has 2 aromatic heterocycles. The lowest BCUT2D eigenvalue weighted by Gasteiger charge is -2.34. The first-order valence-electron chi connectivity index (χ1n) is 12.7. The van der Waals surface area contributed by atoms with Crippen molar-refractivity contribution in [3.05, 3.63) is 67.5 Å². The first kappa shape index (κ1) is 23.2. The van der Waals surface area contributed by atoms with Gasteiger partial charge in [0.2, 0.25) is 11.6 Å². The quantitative estimate of drug-likeness (QED) is 0.391. The lowest BCUT2D eigenvalue weighted by atomic mass is 9.98. The number of rotatable bonds is 6. The molecule has 4 heterocycles. The van der Waals surface area contributed by atoms with Gasteiger partial charge in [0.1, 0.15) is 17.9 Å². The predicted molar refractivity (Wildman–Crippen MR) is 148 cm³/mol. The van der Waals surface area contributed by atoms with Gasteiger partial charge in [0, 0.05) is 61.8 Å². The van der Waals surface area contributed by atoms with Crippen LogP contribution in [0.25, 0.3) is 33.6 Å². The molecule has 2 fully saturated rings. The second kappa shape index (κ2) is 9.71. The third kappa shape index (κ3) is 4.44. The first-order chi connectivity index (χ1) is 18.1. The van der Waals surface area contributed by atoms with E-state index in [1.165, 1.54) is 11.8 Å². The Morgan fingerprint density at radius 3 is 2.46 bits per heavy atom. The van der Waals surface area contributed by atoms with E-state index in [1.54, 1.807) is 6.33 Å². The topological polar surface area (TPSA) is 77.7 Å². The molecular weight excluding hydrogens is 464 g/mol. The summed E-state index contributed by atoms with van der Waals surface area (Å²) in [5.74, 6) is 1.38. The van der Waals surface area contributed by atoms with Crippen molar-refractivity contribution >= 4 is 34.2 Å². The number of hydrogen-bond acceptors (Lipinski definition) is 7. The van der Waals surface area contributed by atoms with E-state index in [0.717, 1.165) is 79.3 Å². The minimum atomic E-state index is -0.251. The molecule has 0 spiro atoms. The second-order valence-corrected chi connectivity index (χ2v) is 9.64. The summed E-state index contributed by atoms with van der Waals surface area (Å²) < 4.78 is 6.44. The van der Waals surface area contributed by atoms with Crippen LogP contribution in [0, 0.1) is 0 Å². The van der Waals surface area contributed by atoms with Gasteiger partial charge in [-0.25, -0.2) is 9.97 Å². The van der Waals surface area contributed by atoms with Crippen molar-refractivity contribution in [2.75, 3.05) is 61.4 Å². The van der Waals surface area contributed by atoms with Crippen LogP contribution in [0.1, 0.15) is 6.42 Å². The van der Waals surface area contributed by atoms with Crippen LogP contribution >= 0.6 is 0 Å². The Bertz CT molecular complexity index is 1450. The number of carbonyl (C=O) groups excluding carboxylic acids is 1. The number of nitrogens with one attached hydrogen (secondary N) is 1. The van der Waals surface area contributed by atoms with Crippen LogP contribution in [0.2, 0.25) is 0 Å². The number of fused-ring (bicyclic) bond motifs is 1. The van der Waals surface area contributed by atoms with Crippen molar-refractivity contribution in [3.63, 3.8) is 0 Å². The molecule has 188 valence electrons. The highest BCUT2D eigenvalue weighted by molar-refractivity contribution is 6.07. The van der Waals surface area contributed by atoms with Crippen LogP contribution in [-0.4, -0.2) is 67.1 Å². The van der Waals surface area contributed by atoms with E-state index in [4.69, 9.17) is 4.42 Å². The minimum Gasteiger partial charge on any atom is -0.437 e. The molecule has 6 rings (SSSR count). The van der Waals surface area contributed by atoms with Gasteiger partial charge in [-0.15, -0.1) is 0 Å². The van der Waals surface area contributed by atoms with Crippen LogP contribution in [0.4, 0.5) is 17.2 Å². The molecule has 0 saturated carbocycles. The van der Waals surface area contributed by atoms with Gasteiger partial charge < -0.3 is 24.4 Å². The second-order valence-electron chi connectivity index (χ2n) is 9.64. The maximum Gasteiger partial charge on any atom is 0.247 e. The fraction of sp³-hybridized carbons (Fsp3) is 0.276. The SMILES string of the molecule is C=CC(=O)Nc1cccc(-c2c(-c3ccc(N4CCN(C)CC4)cc3)oc3ncnc(N4CCC4)c23)c1. The summed E-state index contributed by atoms with van der Waals surface area (Å²) in [5, 5.41) is 3.77. The van der Waals surface area contributed by atoms with Crippen molar-refractivity contribution in [3.8, 4) is 22.5 Å². The molecule has 2 aliphatic rings. The summed E-state index contributed by atoms with van der Waals surface area (Å²) >= 11 is 0. The van der Waals surface area contributed by atoms with E-state index in [1.807, 2.05) is 24.3 Å². The zero-order valence-electron chi connectivity index (χ0n) is 21.0. The Morgan fingerprint density at radius 1 is 0.973 bits per heavy atom. The first-order valence-corrected chi connectivity index (χ1v) is 12.7. The van der Waals surface area contributed by atoms with Crippen LogP contribution in [0.3, 0.4) is 0 Å². The number of aromatic nitrogens is 2. The largest absolute Gasteiger partial charge is 0.437 e. The van der Waals surface area contributed by atoms with Gasteiger partial charge in [0.15, 0.2) is 0 Å². The Balaban J connectivity index is 1.46. The fourth-order valence-corrected chi connectivity index (χ4v) is 5.00. The molecule has 1 amide bonds. The summed E-state index contributed by atoms with van der Waals surface area (Å²) in [6, 6.07) is 16.4. The van der Waals surface area contributed by atoms with Crippen molar-refractivity contribution in [1.82, 2.24) is 14.9 Å². The van der Waals surface area contributed by atoms with Crippen LogP contribution < -0.4 is 15.1 Å². The van der Waals surface area contributed by atoms with E-state index < -0.39 is 0 Å². The number of nitrogens with zero attached hydrogens (tertiary/aromatic N) is 5. The number of piperazine rings is 1. The Morgan fingerprint density at radius 2 is 1.76 bits per heavy atom. The zero-order chi connectivity index (χ0) is 25.4. The molecule has 0 bridgehead atoms. The highest BCUT2D eigenvalue weighted by Gasteiger charge is 2.27. The maximum atomic E-state index is 12.0. The Kier molecular flexibility index (Phi) is 6.10. The lowest BCUT2D eigenvalue weighted by Crippen LogP contribution is -2.44. The smallest absolute Gasteiger partial charge is 0.247 e. The van der Waals surface area contributed by atoms with Gasteiger partial charge in [0.25, 0.3) is 0 Å². The molecule has 2 aromatic carbocycles. The molecule has 4 aromatic rings. The van der Waals surface area contributed by atoms with Crippen LogP contribution in [-0.2, 0) is 4.79 Å². The van der Waals surface area contributed by atoms with Crippen LogP contribution in [0.5, 0.6) is 0 Å². The number of amides is 1. The van der Waals surface area contributed by atoms with Gasteiger partial charge in [0.05, 0.1) is 5.39 Å². The summed E-state index contributed by atoms with van der Waals surface area (Å²) in [4.78, 5) is 28.1. The predicted octanol–water partition coefficient (Wildman–Crippen LogP) is 4.64. The molecule has 0 atom stereocenters. The highest BCUT2D eigenvalue weighted by atomic mass is 16.3. The summed E-state index contributed by atoms with van der Waals surface area (Å²) in [5.41, 5.74) is 5.29. The van der Waals surface area contributed by atoms with Crippen molar-refractivity contribution in [2.45, 2.75) is 6.42 Å². The average Bonchev–Trinajstić information content (AvgIpc) is 3.29. The van der Waals surface area contributed by atoms with Gasteiger partial charge >= 0.3 is 0 Å². The number of hydrogen-bond donors (Lipinski definition) is 1. The van der Waals surface area contributed by atoms with Crippen LogP contribution in [0.15, 0.2) is 71.9 Å². The normalized spacial score (nSPS) is 16.0. The van der Waals surface area contributed by atoms with Gasteiger partial charge in [-0.2, -0.15) is 0 Å². The molecule has 37 heavy (non-hydrogen) atoms. The third-order valence-electron chi connectivity index (χ3n) is 7.23. The average molecular weight is 495 g/mol. The number of anilines is 3. The molecule has 2 saturated heterocycles. The van der Waals surface area contributed by atoms with Crippen molar-refractivity contribution < 1.29 is 9.21 Å². The lowest BCUT2D eigenvalue weighted by molar-refractivity contribution is -0.111. The molecular formula is C29H30N6O2. The summed E-state index contributed by atoms with van der Waals surface area (Å²) in [7, 11) is 2.17. The van der Waals surface area contributed by atoms with E-state index in [-0.39, 0.29) is 5.91 Å². The van der Waals surface area contributed by atoms with E-state index in [0.29, 0.717) is 11.4 Å². The molecule has 8 nitrogen and oxygen atoms in total. The monoisotopic (exact) mass is 494 g/mol. The van der Waals surface area contributed by atoms with Crippen molar-refractivity contribution in [2.24, 2.45) is 0 Å². The Labute approximate surface area is 216 Å². The van der Waals surface area contributed by atoms with Gasteiger partial charge in [-0.3, -0.25) is 4.79 Å². The maximum absolute atomic E-state index is 12.0. The number of carbonyl (C=O) groups is 1. The number of likely N-dealkylation sites (N-methyl/N-ethyl adjacent to an activating group) is 1. The number of benzene rings is 2. The minimum absolute atomic E-state index is 0.251. The van der Waals surface area contributed by atoms with Gasteiger partial charge in [-0.05, 0) is 61.5 Å². The Hall–Kier alpha value is -4.17. The zero-order valence-corrected chi connectivity index (χ0v) is 21.0. The number of furan rings is 1. The highest BCUT2D eigenvalue weighted by Crippen LogP contribution is 2.44. The summed E-state index contributed by atoms with van der Waals surface area (Å²) in [6.07, 6.45) is 3.98. The fourth-order valence-electron chi connectivity index (χ4n) is 5.00. The van der Waals surface area contributed by atoms with E-state index in [9.17, 15) is 4.79 Å². The molecule has 8 heteroatoms. The van der Waals surface area contributed by atoms with E-state index in [2.05, 4.69) is 67.9 Å². The third-order valence-corrected chi connectivity index (χ3v) is 7.23. The molecule has 1 N–H and O–H groups in total. The van der Waals surface area contributed by atoms with Gasteiger partial charge in [-0.1, -0.05) is 18.7 Å². The molecule has 0 aliphatic carbocycles. The molecule has 2 aliphatic heterocycles. The van der Waals surface area contributed by atoms with Crippen molar-refractivity contribution in [1.29, 1.82) is 0 Å². The standard InChI is InChI=1S/C29H30N6O2/c1-3-24(36)32-22-7-4-6-21(18-22)25-26-28(35-12-5-13-35)30-19-31-29(26)37-27(25)20-8-10-23(11-9-20)34-16-14-33(2)15-17-34/h3-4,6-11,18-19H,1,5,12-17H2,2H3,(H,32,36). The van der Waals surface area contributed by atoms with E-state index >= 15 is 0 Å². The summed E-state index contributed by atoms with van der Waals surface area (Å²) in [6.45, 7) is 9.64.